The van der Waals surface area contributed by atoms with Gasteiger partial charge in [0.05, 0.1) is 0 Å². The summed E-state index contributed by atoms with van der Waals surface area (Å²) in [4.78, 5) is 23.0. The number of rotatable bonds is 3. The second-order valence-corrected chi connectivity index (χ2v) is 4.48. The summed E-state index contributed by atoms with van der Waals surface area (Å²) in [5.41, 5.74) is 2.54. The van der Waals surface area contributed by atoms with Crippen LogP contribution < -0.4 is 5.56 Å². The van der Waals surface area contributed by atoms with Crippen LogP contribution in [0.15, 0.2) is 65.8 Å². The van der Waals surface area contributed by atoms with Gasteiger partial charge in [-0.1, -0.05) is 36.4 Å². The fourth-order valence-electron chi connectivity index (χ4n) is 2.00. The average molecular weight is 263 g/mol. The Morgan fingerprint density at radius 1 is 0.950 bits per heavy atom. The molecule has 98 valence electrons. The molecule has 2 heterocycles. The maximum Gasteiger partial charge on any atom is 0.251 e. The third-order valence-corrected chi connectivity index (χ3v) is 3.03. The highest BCUT2D eigenvalue weighted by Gasteiger charge is 2.03. The number of nitrogens with zero attached hydrogens (tertiary/aromatic N) is 2. The molecule has 20 heavy (non-hydrogen) atoms. The molecular weight excluding hydrogens is 250 g/mol. The quantitative estimate of drug-likeness (QED) is 0.789. The summed E-state index contributed by atoms with van der Waals surface area (Å²) in [5, 5.41) is 0. The van der Waals surface area contributed by atoms with Crippen LogP contribution in [0.5, 0.6) is 0 Å². The van der Waals surface area contributed by atoms with E-state index in [1.807, 2.05) is 42.5 Å². The topological polar surface area (TPSA) is 58.6 Å². The maximum absolute atomic E-state index is 11.6. The molecule has 0 aliphatic rings. The Morgan fingerprint density at radius 3 is 2.40 bits per heavy atom. The van der Waals surface area contributed by atoms with Crippen molar-refractivity contribution in [1.29, 1.82) is 0 Å². The third kappa shape index (κ3) is 2.64. The normalized spacial score (nSPS) is 10.4. The van der Waals surface area contributed by atoms with Crippen molar-refractivity contribution in [2.24, 2.45) is 0 Å². The predicted octanol–water partition coefficient (Wildman–Crippen LogP) is 2.42. The van der Waals surface area contributed by atoms with E-state index in [0.29, 0.717) is 17.8 Å². The van der Waals surface area contributed by atoms with E-state index < -0.39 is 0 Å². The van der Waals surface area contributed by atoms with Gasteiger partial charge in [0, 0.05) is 36.1 Å². The summed E-state index contributed by atoms with van der Waals surface area (Å²) >= 11 is 0. The number of pyridine rings is 1. The molecule has 0 spiro atoms. The van der Waals surface area contributed by atoms with E-state index in [2.05, 4.69) is 15.0 Å². The molecule has 0 radical (unpaired) electrons. The van der Waals surface area contributed by atoms with E-state index in [1.165, 1.54) is 0 Å². The van der Waals surface area contributed by atoms with Gasteiger partial charge in [0.15, 0.2) is 5.82 Å². The zero-order valence-corrected chi connectivity index (χ0v) is 10.8. The SMILES string of the molecule is O=c1[nH]cccc1Cc1cnc(-c2ccccc2)nc1. The van der Waals surface area contributed by atoms with Crippen molar-refractivity contribution in [3.05, 3.63) is 82.5 Å². The maximum atomic E-state index is 11.6. The van der Waals surface area contributed by atoms with Gasteiger partial charge in [0.2, 0.25) is 0 Å². The molecule has 4 heteroatoms. The molecule has 0 saturated heterocycles. The van der Waals surface area contributed by atoms with Gasteiger partial charge in [0.1, 0.15) is 0 Å². The van der Waals surface area contributed by atoms with E-state index in [4.69, 9.17) is 0 Å². The molecule has 2 aromatic heterocycles. The monoisotopic (exact) mass is 263 g/mol. The van der Waals surface area contributed by atoms with Gasteiger partial charge in [-0.2, -0.15) is 0 Å². The van der Waals surface area contributed by atoms with Gasteiger partial charge in [-0.15, -0.1) is 0 Å². The van der Waals surface area contributed by atoms with Gasteiger partial charge in [-0.25, -0.2) is 9.97 Å². The molecule has 3 rings (SSSR count). The molecule has 0 bridgehead atoms. The van der Waals surface area contributed by atoms with Gasteiger partial charge in [0.25, 0.3) is 5.56 Å². The highest BCUT2D eigenvalue weighted by molar-refractivity contribution is 5.54. The van der Waals surface area contributed by atoms with Crippen LogP contribution in [0.3, 0.4) is 0 Å². The number of hydrogen-bond donors (Lipinski definition) is 1. The van der Waals surface area contributed by atoms with E-state index in [9.17, 15) is 4.79 Å². The van der Waals surface area contributed by atoms with Crippen LogP contribution in [0.2, 0.25) is 0 Å². The molecule has 0 saturated carbocycles. The minimum absolute atomic E-state index is 0.0698. The molecule has 1 N–H and O–H groups in total. The fraction of sp³-hybridized carbons (Fsp3) is 0.0625. The summed E-state index contributed by atoms with van der Waals surface area (Å²) in [5.74, 6) is 0.691. The molecule has 0 amide bonds. The first-order valence-corrected chi connectivity index (χ1v) is 6.36. The van der Waals surface area contributed by atoms with Gasteiger partial charge < -0.3 is 4.98 Å². The van der Waals surface area contributed by atoms with Crippen molar-refractivity contribution in [2.75, 3.05) is 0 Å². The Hall–Kier alpha value is -2.75. The molecule has 3 aromatic rings. The lowest BCUT2D eigenvalue weighted by atomic mass is 10.1. The van der Waals surface area contributed by atoms with E-state index in [0.717, 1.165) is 11.1 Å². The van der Waals surface area contributed by atoms with Crippen molar-refractivity contribution >= 4 is 0 Å². The van der Waals surface area contributed by atoms with Crippen LogP contribution in [0.1, 0.15) is 11.1 Å². The summed E-state index contributed by atoms with van der Waals surface area (Å²) in [6.45, 7) is 0. The standard InChI is InChI=1S/C16H13N3O/c20-16-14(7-4-8-17-16)9-12-10-18-15(19-11-12)13-5-2-1-3-6-13/h1-8,10-11H,9H2,(H,17,20). The van der Waals surface area contributed by atoms with Crippen LogP contribution in [-0.2, 0) is 6.42 Å². The highest BCUT2D eigenvalue weighted by Crippen LogP contribution is 2.13. The van der Waals surface area contributed by atoms with Gasteiger partial charge in [-0.05, 0) is 11.6 Å². The molecular formula is C16H13N3O. The Balaban J connectivity index is 1.84. The molecule has 1 aromatic carbocycles. The number of H-pyrrole nitrogens is 1. The Bertz CT molecular complexity index is 748. The zero-order chi connectivity index (χ0) is 13.8. The minimum atomic E-state index is -0.0698. The van der Waals surface area contributed by atoms with Gasteiger partial charge in [-0.3, -0.25) is 4.79 Å². The number of aromatic nitrogens is 3. The van der Waals surface area contributed by atoms with E-state index in [-0.39, 0.29) is 5.56 Å². The first kappa shape index (κ1) is 12.3. The Labute approximate surface area is 116 Å². The van der Waals surface area contributed by atoms with Crippen LogP contribution in [0.25, 0.3) is 11.4 Å². The summed E-state index contributed by atoms with van der Waals surface area (Å²) in [6, 6.07) is 13.4. The molecule has 0 aliphatic carbocycles. The minimum Gasteiger partial charge on any atom is -0.329 e. The van der Waals surface area contributed by atoms with E-state index in [1.54, 1.807) is 18.6 Å². The predicted molar refractivity (Wildman–Crippen MR) is 77.3 cm³/mol. The first-order valence-electron chi connectivity index (χ1n) is 6.36. The lowest BCUT2D eigenvalue weighted by Crippen LogP contribution is -2.11. The van der Waals surface area contributed by atoms with Crippen molar-refractivity contribution in [2.45, 2.75) is 6.42 Å². The van der Waals surface area contributed by atoms with Crippen molar-refractivity contribution in [3.8, 4) is 11.4 Å². The number of benzene rings is 1. The van der Waals surface area contributed by atoms with Crippen molar-refractivity contribution < 1.29 is 0 Å². The lowest BCUT2D eigenvalue weighted by molar-refractivity contribution is 1.04. The van der Waals surface area contributed by atoms with Crippen LogP contribution >= 0.6 is 0 Å². The van der Waals surface area contributed by atoms with Crippen LogP contribution in [0, 0.1) is 0 Å². The second kappa shape index (κ2) is 5.48. The zero-order valence-electron chi connectivity index (χ0n) is 10.8. The molecule has 4 nitrogen and oxygen atoms in total. The first-order chi connectivity index (χ1) is 9.83. The van der Waals surface area contributed by atoms with Crippen LogP contribution in [0.4, 0.5) is 0 Å². The highest BCUT2D eigenvalue weighted by atomic mass is 16.1. The van der Waals surface area contributed by atoms with Crippen molar-refractivity contribution in [3.63, 3.8) is 0 Å². The van der Waals surface area contributed by atoms with Crippen LogP contribution in [-0.4, -0.2) is 15.0 Å². The number of hydrogen-bond acceptors (Lipinski definition) is 3. The smallest absolute Gasteiger partial charge is 0.251 e. The summed E-state index contributed by atoms with van der Waals surface area (Å²) < 4.78 is 0. The molecule has 0 fully saturated rings. The lowest BCUT2D eigenvalue weighted by Gasteiger charge is -2.02. The molecule has 0 aliphatic heterocycles. The third-order valence-electron chi connectivity index (χ3n) is 3.03. The molecule has 0 atom stereocenters. The average Bonchev–Trinajstić information content (AvgIpc) is 2.51. The summed E-state index contributed by atoms with van der Waals surface area (Å²) in [6.07, 6.45) is 5.69. The second-order valence-electron chi connectivity index (χ2n) is 4.48. The Kier molecular flexibility index (Phi) is 3.37. The number of aromatic amines is 1. The molecule has 0 unspecified atom stereocenters. The number of nitrogens with one attached hydrogen (secondary N) is 1. The van der Waals surface area contributed by atoms with E-state index >= 15 is 0 Å². The Morgan fingerprint density at radius 2 is 1.70 bits per heavy atom. The fourth-order valence-corrected chi connectivity index (χ4v) is 2.00. The van der Waals surface area contributed by atoms with Gasteiger partial charge >= 0.3 is 0 Å². The largest absolute Gasteiger partial charge is 0.329 e. The van der Waals surface area contributed by atoms with Crippen molar-refractivity contribution in [1.82, 2.24) is 15.0 Å². The summed E-state index contributed by atoms with van der Waals surface area (Å²) in [7, 11) is 0.